The van der Waals surface area contributed by atoms with Crippen molar-refractivity contribution in [3.8, 4) is 0 Å². The van der Waals surface area contributed by atoms with Crippen molar-refractivity contribution >= 4 is 21.5 Å². The van der Waals surface area contributed by atoms with Crippen LogP contribution in [0.2, 0.25) is 0 Å². The van der Waals surface area contributed by atoms with Crippen molar-refractivity contribution < 1.29 is 8.42 Å². The highest BCUT2D eigenvalue weighted by Crippen LogP contribution is 2.18. The average molecular weight is 293 g/mol. The van der Waals surface area contributed by atoms with Crippen molar-refractivity contribution in [2.24, 2.45) is 0 Å². The molecule has 1 heterocycles. The van der Waals surface area contributed by atoms with Gasteiger partial charge in [-0.15, -0.1) is 0 Å². The van der Waals surface area contributed by atoms with Crippen molar-refractivity contribution in [1.29, 1.82) is 0 Å². The lowest BCUT2D eigenvalue weighted by molar-refractivity contribution is 0.602. The van der Waals surface area contributed by atoms with Gasteiger partial charge in [-0.1, -0.05) is 13.3 Å². The molecule has 0 radical (unpaired) electrons. The zero-order valence-electron chi connectivity index (χ0n) is 11.7. The minimum absolute atomic E-state index is 0.317. The molecule has 0 aliphatic heterocycles. The van der Waals surface area contributed by atoms with Gasteiger partial charge in [-0.2, -0.15) is 0 Å². The van der Waals surface area contributed by atoms with E-state index in [0.29, 0.717) is 4.90 Å². The third kappa shape index (κ3) is 3.60. The molecule has 0 spiro atoms. The first kappa shape index (κ1) is 14.6. The quantitative estimate of drug-likeness (QED) is 0.889. The lowest BCUT2D eigenvalue weighted by Crippen LogP contribution is -2.03. The molecule has 20 heavy (non-hydrogen) atoms. The Hall–Kier alpha value is -1.82. The normalized spacial score (nSPS) is 11.5. The highest BCUT2D eigenvalue weighted by Gasteiger charge is 2.07. The summed E-state index contributed by atoms with van der Waals surface area (Å²) in [7, 11) is -3.15. The molecule has 5 nitrogen and oxygen atoms in total. The van der Waals surface area contributed by atoms with Crippen LogP contribution in [0.15, 0.2) is 41.6 Å². The van der Waals surface area contributed by atoms with Crippen molar-refractivity contribution in [2.45, 2.75) is 31.2 Å². The highest BCUT2D eigenvalue weighted by molar-refractivity contribution is 7.90. The topological polar surface area (TPSA) is 64.0 Å². The second-order valence-electron chi connectivity index (χ2n) is 4.72. The summed E-state index contributed by atoms with van der Waals surface area (Å²) in [5, 5.41) is 3.20. The third-order valence-corrected chi connectivity index (χ3v) is 4.14. The number of hydrogen-bond donors (Lipinski definition) is 1. The Morgan fingerprint density at radius 1 is 1.25 bits per heavy atom. The van der Waals surface area contributed by atoms with E-state index < -0.39 is 9.84 Å². The fourth-order valence-corrected chi connectivity index (χ4v) is 2.49. The molecule has 2 aromatic rings. The van der Waals surface area contributed by atoms with Crippen LogP contribution in [0, 0.1) is 0 Å². The highest BCUT2D eigenvalue weighted by atomic mass is 32.2. The Kier molecular flexibility index (Phi) is 4.44. The van der Waals surface area contributed by atoms with E-state index in [1.807, 2.05) is 10.8 Å². The van der Waals surface area contributed by atoms with E-state index in [1.165, 1.54) is 6.26 Å². The molecule has 0 aliphatic carbocycles. The summed E-state index contributed by atoms with van der Waals surface area (Å²) in [5.41, 5.74) is 0.821. The minimum atomic E-state index is -3.15. The number of sulfone groups is 1. The van der Waals surface area contributed by atoms with Crippen LogP contribution in [0.5, 0.6) is 0 Å². The van der Waals surface area contributed by atoms with Crippen LogP contribution in [0.4, 0.5) is 11.6 Å². The van der Waals surface area contributed by atoms with Crippen LogP contribution in [-0.4, -0.2) is 24.2 Å². The molecular formula is C14H19N3O2S. The molecule has 2 rings (SSSR count). The smallest absolute Gasteiger partial charge is 0.207 e. The zero-order valence-corrected chi connectivity index (χ0v) is 12.5. The summed E-state index contributed by atoms with van der Waals surface area (Å²) in [5.74, 6) is 0.769. The van der Waals surface area contributed by atoms with E-state index in [4.69, 9.17) is 0 Å². The Bertz CT molecular complexity index is 660. The summed E-state index contributed by atoms with van der Waals surface area (Å²) in [6, 6.07) is 6.68. The lowest BCUT2D eigenvalue weighted by Gasteiger charge is -2.09. The Morgan fingerprint density at radius 2 is 1.95 bits per heavy atom. The number of nitrogens with one attached hydrogen (secondary N) is 1. The van der Waals surface area contributed by atoms with Crippen LogP contribution in [0.3, 0.4) is 0 Å². The molecule has 0 amide bonds. The van der Waals surface area contributed by atoms with Gasteiger partial charge in [0.25, 0.3) is 0 Å². The number of aromatic nitrogens is 2. The van der Waals surface area contributed by atoms with E-state index in [2.05, 4.69) is 17.2 Å². The fourth-order valence-electron chi connectivity index (χ4n) is 1.86. The molecule has 1 N–H and O–H groups in total. The molecule has 0 saturated heterocycles. The van der Waals surface area contributed by atoms with E-state index >= 15 is 0 Å². The van der Waals surface area contributed by atoms with Gasteiger partial charge in [-0.05, 0) is 30.7 Å². The maximum atomic E-state index is 11.4. The Balaban J connectivity index is 2.12. The molecule has 6 heteroatoms. The van der Waals surface area contributed by atoms with Gasteiger partial charge >= 0.3 is 0 Å². The van der Waals surface area contributed by atoms with Crippen LogP contribution in [-0.2, 0) is 16.4 Å². The van der Waals surface area contributed by atoms with E-state index in [1.54, 1.807) is 30.5 Å². The minimum Gasteiger partial charge on any atom is -0.326 e. The summed E-state index contributed by atoms with van der Waals surface area (Å²) < 4.78 is 24.8. The largest absolute Gasteiger partial charge is 0.326 e. The Labute approximate surface area is 119 Å². The molecular weight excluding hydrogens is 274 g/mol. The monoisotopic (exact) mass is 293 g/mol. The van der Waals surface area contributed by atoms with Gasteiger partial charge < -0.3 is 9.88 Å². The lowest BCUT2D eigenvalue weighted by atomic mass is 10.3. The number of rotatable bonds is 6. The zero-order chi connectivity index (χ0) is 14.6. The van der Waals surface area contributed by atoms with E-state index in [9.17, 15) is 8.42 Å². The number of unbranched alkanes of at least 4 members (excludes halogenated alkanes) is 1. The molecule has 0 fully saturated rings. The van der Waals surface area contributed by atoms with Crippen molar-refractivity contribution in [3.05, 3.63) is 36.7 Å². The van der Waals surface area contributed by atoms with Gasteiger partial charge in [0.2, 0.25) is 5.95 Å². The van der Waals surface area contributed by atoms with Crippen molar-refractivity contribution in [1.82, 2.24) is 9.55 Å². The SMILES string of the molecule is CCCCn1ccnc1Nc1ccc(S(C)(=O)=O)cc1. The van der Waals surface area contributed by atoms with Crippen molar-refractivity contribution in [2.75, 3.05) is 11.6 Å². The molecule has 0 unspecified atom stereocenters. The van der Waals surface area contributed by atoms with Crippen LogP contribution < -0.4 is 5.32 Å². The first-order valence-electron chi connectivity index (χ1n) is 6.59. The number of imidazole rings is 1. The van der Waals surface area contributed by atoms with Gasteiger partial charge in [0.1, 0.15) is 0 Å². The van der Waals surface area contributed by atoms with Gasteiger partial charge in [-0.25, -0.2) is 13.4 Å². The molecule has 0 saturated carbocycles. The summed E-state index contributed by atoms with van der Waals surface area (Å²) in [6.07, 6.45) is 7.11. The summed E-state index contributed by atoms with van der Waals surface area (Å²) in [6.45, 7) is 3.06. The van der Waals surface area contributed by atoms with Gasteiger partial charge in [0, 0.05) is 30.9 Å². The number of benzene rings is 1. The predicted octanol–water partition coefficient (Wildman–Crippen LogP) is 2.83. The van der Waals surface area contributed by atoms with Gasteiger partial charge in [0.05, 0.1) is 4.90 Å². The molecule has 108 valence electrons. The Morgan fingerprint density at radius 3 is 2.55 bits per heavy atom. The van der Waals surface area contributed by atoms with Crippen molar-refractivity contribution in [3.63, 3.8) is 0 Å². The molecule has 1 aromatic heterocycles. The fraction of sp³-hybridized carbons (Fsp3) is 0.357. The number of nitrogens with zero attached hydrogens (tertiary/aromatic N) is 2. The maximum Gasteiger partial charge on any atom is 0.207 e. The van der Waals surface area contributed by atoms with Crippen LogP contribution in [0.25, 0.3) is 0 Å². The summed E-state index contributed by atoms with van der Waals surface area (Å²) in [4.78, 5) is 4.59. The predicted molar refractivity (Wildman–Crippen MR) is 80.0 cm³/mol. The van der Waals surface area contributed by atoms with Gasteiger partial charge in [0.15, 0.2) is 9.84 Å². The maximum absolute atomic E-state index is 11.4. The number of anilines is 2. The second-order valence-corrected chi connectivity index (χ2v) is 6.74. The standard InChI is InChI=1S/C14H19N3O2S/c1-3-4-10-17-11-9-15-14(17)16-12-5-7-13(8-6-12)20(2,18)19/h5-9,11H,3-4,10H2,1-2H3,(H,15,16). The van der Waals surface area contributed by atoms with Crippen LogP contribution in [0.1, 0.15) is 19.8 Å². The molecule has 0 bridgehead atoms. The third-order valence-electron chi connectivity index (χ3n) is 3.01. The summed E-state index contributed by atoms with van der Waals surface area (Å²) >= 11 is 0. The van der Waals surface area contributed by atoms with Crippen LogP contribution >= 0.6 is 0 Å². The first-order valence-corrected chi connectivity index (χ1v) is 8.48. The van der Waals surface area contributed by atoms with E-state index in [-0.39, 0.29) is 0 Å². The molecule has 1 aromatic carbocycles. The van der Waals surface area contributed by atoms with Gasteiger partial charge in [-0.3, -0.25) is 0 Å². The first-order chi connectivity index (χ1) is 9.50. The number of hydrogen-bond acceptors (Lipinski definition) is 4. The molecule has 0 aliphatic rings. The average Bonchev–Trinajstić information content (AvgIpc) is 2.83. The molecule has 0 atom stereocenters. The number of aryl methyl sites for hydroxylation is 1. The van der Waals surface area contributed by atoms with E-state index in [0.717, 1.165) is 31.0 Å². The second kappa shape index (κ2) is 6.09.